The van der Waals surface area contributed by atoms with Crippen molar-refractivity contribution in [2.75, 3.05) is 13.2 Å². The summed E-state index contributed by atoms with van der Waals surface area (Å²) in [5.74, 6) is 3.27. The summed E-state index contributed by atoms with van der Waals surface area (Å²) in [6, 6.07) is 0. The molecule has 0 aromatic heterocycles. The van der Waals surface area contributed by atoms with Crippen molar-refractivity contribution in [3.05, 3.63) is 0 Å². The fourth-order valence-corrected chi connectivity index (χ4v) is 2.29. The first kappa shape index (κ1) is 10.0. The lowest BCUT2D eigenvalue weighted by Crippen LogP contribution is -2.34. The summed E-state index contributed by atoms with van der Waals surface area (Å²) in [4.78, 5) is 0. The molecule has 1 aliphatic heterocycles. The van der Waals surface area contributed by atoms with Crippen molar-refractivity contribution in [2.24, 2.45) is 23.7 Å². The minimum atomic E-state index is 0.776. The summed E-state index contributed by atoms with van der Waals surface area (Å²) < 4.78 is 5.52. The largest absolute Gasteiger partial charge is 0.381 e. The zero-order chi connectivity index (χ0) is 9.14. The second-order valence-corrected chi connectivity index (χ2v) is 4.68. The maximum atomic E-state index is 5.52. The average molecular weight is 170 g/mol. The first-order valence-corrected chi connectivity index (χ1v) is 5.20. The second-order valence-electron chi connectivity index (χ2n) is 4.68. The van der Waals surface area contributed by atoms with Gasteiger partial charge in [0.1, 0.15) is 0 Å². The van der Waals surface area contributed by atoms with E-state index in [-0.39, 0.29) is 0 Å². The predicted octanol–water partition coefficient (Wildman–Crippen LogP) is 2.95. The van der Waals surface area contributed by atoms with Gasteiger partial charge in [0.2, 0.25) is 0 Å². The summed E-state index contributed by atoms with van der Waals surface area (Å²) in [6.45, 7) is 11.3. The number of ether oxygens (including phenoxy) is 1. The van der Waals surface area contributed by atoms with Gasteiger partial charge in [0, 0.05) is 13.2 Å². The molecule has 1 aliphatic rings. The van der Waals surface area contributed by atoms with Gasteiger partial charge in [-0.15, -0.1) is 0 Å². The highest BCUT2D eigenvalue weighted by Crippen LogP contribution is 2.33. The van der Waals surface area contributed by atoms with Gasteiger partial charge >= 0.3 is 0 Å². The van der Waals surface area contributed by atoms with Crippen molar-refractivity contribution in [3.8, 4) is 0 Å². The quantitative estimate of drug-likeness (QED) is 0.619. The van der Waals surface area contributed by atoms with E-state index in [4.69, 9.17) is 4.74 Å². The van der Waals surface area contributed by atoms with Gasteiger partial charge in [0.25, 0.3) is 0 Å². The zero-order valence-corrected chi connectivity index (χ0v) is 8.84. The Kier molecular flexibility index (Phi) is 3.57. The van der Waals surface area contributed by atoms with E-state index in [9.17, 15) is 0 Å². The summed E-state index contributed by atoms with van der Waals surface area (Å²) in [5, 5.41) is 0. The standard InChI is InChI=1S/C11H22O/c1-8(2)10-5-6-12-7-11(10)9(3)4/h8-11H,5-7H2,1-4H3/t10-,11-/m0/s1. The monoisotopic (exact) mass is 170 g/mol. The van der Waals surface area contributed by atoms with Crippen LogP contribution in [0, 0.1) is 23.7 Å². The van der Waals surface area contributed by atoms with E-state index in [0.29, 0.717) is 0 Å². The molecule has 1 rings (SSSR count). The molecule has 1 nitrogen and oxygen atoms in total. The molecule has 0 radical (unpaired) electrons. The Morgan fingerprint density at radius 3 is 2.00 bits per heavy atom. The maximum Gasteiger partial charge on any atom is 0.0499 e. The normalized spacial score (nSPS) is 31.5. The fourth-order valence-electron chi connectivity index (χ4n) is 2.29. The van der Waals surface area contributed by atoms with Gasteiger partial charge < -0.3 is 4.74 Å². The molecule has 0 saturated carbocycles. The molecule has 0 amide bonds. The fraction of sp³-hybridized carbons (Fsp3) is 1.00. The summed E-state index contributed by atoms with van der Waals surface area (Å²) >= 11 is 0. The smallest absolute Gasteiger partial charge is 0.0499 e. The topological polar surface area (TPSA) is 9.23 Å². The number of hydrogen-bond donors (Lipinski definition) is 0. The van der Waals surface area contributed by atoms with E-state index in [1.165, 1.54) is 6.42 Å². The number of rotatable bonds is 2. The zero-order valence-electron chi connectivity index (χ0n) is 8.84. The van der Waals surface area contributed by atoms with Crippen LogP contribution in [0.15, 0.2) is 0 Å². The molecule has 0 aromatic carbocycles. The van der Waals surface area contributed by atoms with Crippen molar-refractivity contribution < 1.29 is 4.74 Å². The van der Waals surface area contributed by atoms with Gasteiger partial charge in [-0.05, 0) is 30.1 Å². The van der Waals surface area contributed by atoms with Crippen LogP contribution in [0.5, 0.6) is 0 Å². The van der Waals surface area contributed by atoms with E-state index in [0.717, 1.165) is 36.9 Å². The molecule has 72 valence electrons. The first-order chi connectivity index (χ1) is 5.63. The lowest BCUT2D eigenvalue weighted by atomic mass is 9.75. The minimum absolute atomic E-state index is 0.776. The highest BCUT2D eigenvalue weighted by Gasteiger charge is 2.29. The Morgan fingerprint density at radius 2 is 1.58 bits per heavy atom. The minimum Gasteiger partial charge on any atom is -0.381 e. The maximum absolute atomic E-state index is 5.52. The van der Waals surface area contributed by atoms with E-state index in [1.807, 2.05) is 0 Å². The Morgan fingerprint density at radius 1 is 1.00 bits per heavy atom. The Hall–Kier alpha value is -0.0400. The molecular weight excluding hydrogens is 148 g/mol. The van der Waals surface area contributed by atoms with Crippen LogP contribution in [-0.4, -0.2) is 13.2 Å². The molecule has 0 unspecified atom stereocenters. The van der Waals surface area contributed by atoms with Gasteiger partial charge in [-0.25, -0.2) is 0 Å². The SMILES string of the molecule is CC(C)[C@@H]1CCOC[C@H]1C(C)C. The second kappa shape index (κ2) is 4.27. The molecular formula is C11H22O. The molecule has 0 N–H and O–H groups in total. The van der Waals surface area contributed by atoms with Crippen LogP contribution in [-0.2, 0) is 4.74 Å². The molecule has 0 bridgehead atoms. The Labute approximate surface area is 76.5 Å². The van der Waals surface area contributed by atoms with E-state index < -0.39 is 0 Å². The van der Waals surface area contributed by atoms with Crippen LogP contribution in [0.3, 0.4) is 0 Å². The molecule has 1 heteroatoms. The van der Waals surface area contributed by atoms with Crippen molar-refractivity contribution in [2.45, 2.75) is 34.1 Å². The Balaban J connectivity index is 2.54. The third kappa shape index (κ3) is 2.22. The van der Waals surface area contributed by atoms with Crippen LogP contribution in [0.25, 0.3) is 0 Å². The van der Waals surface area contributed by atoms with Crippen molar-refractivity contribution in [1.29, 1.82) is 0 Å². The summed E-state index contributed by atoms with van der Waals surface area (Å²) in [6.07, 6.45) is 1.26. The third-order valence-electron chi connectivity index (χ3n) is 3.17. The van der Waals surface area contributed by atoms with Crippen LogP contribution in [0.1, 0.15) is 34.1 Å². The van der Waals surface area contributed by atoms with Crippen LogP contribution >= 0.6 is 0 Å². The Bertz CT molecular complexity index is 113. The summed E-state index contributed by atoms with van der Waals surface area (Å²) in [5.41, 5.74) is 0. The summed E-state index contributed by atoms with van der Waals surface area (Å²) in [7, 11) is 0. The van der Waals surface area contributed by atoms with Crippen molar-refractivity contribution in [3.63, 3.8) is 0 Å². The highest BCUT2D eigenvalue weighted by molar-refractivity contribution is 4.78. The van der Waals surface area contributed by atoms with Gasteiger partial charge in [-0.2, -0.15) is 0 Å². The van der Waals surface area contributed by atoms with Crippen molar-refractivity contribution in [1.82, 2.24) is 0 Å². The van der Waals surface area contributed by atoms with E-state index in [1.54, 1.807) is 0 Å². The van der Waals surface area contributed by atoms with Gasteiger partial charge in [0.15, 0.2) is 0 Å². The average Bonchev–Trinajstić information content (AvgIpc) is 2.04. The lowest BCUT2D eigenvalue weighted by molar-refractivity contribution is -0.0177. The van der Waals surface area contributed by atoms with E-state index in [2.05, 4.69) is 27.7 Å². The van der Waals surface area contributed by atoms with Crippen LogP contribution in [0.2, 0.25) is 0 Å². The molecule has 0 aromatic rings. The van der Waals surface area contributed by atoms with Crippen LogP contribution < -0.4 is 0 Å². The van der Waals surface area contributed by atoms with Crippen molar-refractivity contribution >= 4 is 0 Å². The van der Waals surface area contributed by atoms with Crippen LogP contribution in [0.4, 0.5) is 0 Å². The molecule has 1 heterocycles. The molecule has 1 saturated heterocycles. The highest BCUT2D eigenvalue weighted by atomic mass is 16.5. The molecule has 12 heavy (non-hydrogen) atoms. The third-order valence-corrected chi connectivity index (χ3v) is 3.17. The van der Waals surface area contributed by atoms with Gasteiger partial charge in [0.05, 0.1) is 0 Å². The molecule has 0 aliphatic carbocycles. The molecule has 2 atom stereocenters. The molecule has 1 fully saturated rings. The lowest BCUT2D eigenvalue weighted by Gasteiger charge is -2.36. The first-order valence-electron chi connectivity index (χ1n) is 5.20. The van der Waals surface area contributed by atoms with Gasteiger partial charge in [-0.3, -0.25) is 0 Å². The molecule has 0 spiro atoms. The predicted molar refractivity (Wildman–Crippen MR) is 52.1 cm³/mol. The number of hydrogen-bond acceptors (Lipinski definition) is 1. The van der Waals surface area contributed by atoms with Gasteiger partial charge in [-0.1, -0.05) is 27.7 Å². The van der Waals surface area contributed by atoms with E-state index >= 15 is 0 Å².